The molecule has 2 rings (SSSR count). The van der Waals surface area contributed by atoms with Gasteiger partial charge in [0, 0.05) is 32.1 Å². The van der Waals surface area contributed by atoms with Crippen molar-refractivity contribution in [1.29, 1.82) is 0 Å². The van der Waals surface area contributed by atoms with Crippen molar-refractivity contribution in [2.75, 3.05) is 19.6 Å². The summed E-state index contributed by atoms with van der Waals surface area (Å²) in [6.07, 6.45) is 5.85. The first-order valence-electron chi connectivity index (χ1n) is 9.56. The van der Waals surface area contributed by atoms with Crippen molar-refractivity contribution in [2.45, 2.75) is 62.8 Å². The van der Waals surface area contributed by atoms with Gasteiger partial charge in [-0.25, -0.2) is 8.42 Å². The highest BCUT2D eigenvalue weighted by Gasteiger charge is 2.26. The molecule has 3 N–H and O–H groups in total. The highest BCUT2D eigenvalue weighted by atomic mass is 32.2. The number of aryl methyl sites for hydroxylation is 1. The lowest BCUT2D eigenvalue weighted by atomic mass is 10.1. The number of nitrogens with zero attached hydrogens (tertiary/aromatic N) is 1. The molecule has 1 aromatic carbocycles. The van der Waals surface area contributed by atoms with Gasteiger partial charge in [0.1, 0.15) is 0 Å². The van der Waals surface area contributed by atoms with Crippen molar-refractivity contribution < 1.29 is 13.2 Å². The fourth-order valence-electron chi connectivity index (χ4n) is 3.16. The number of unbranched alkanes of at least 4 members (excludes halogenated alkanes) is 1. The van der Waals surface area contributed by atoms with Gasteiger partial charge in [-0.05, 0) is 43.4 Å². The smallest absolute Gasteiger partial charge is 0.243 e. The number of amides is 1. The predicted molar refractivity (Wildman–Crippen MR) is 103 cm³/mol. The molecular formula is C19H31N3O3S. The summed E-state index contributed by atoms with van der Waals surface area (Å²) in [5, 5.41) is 2.98. The number of nitrogens with one attached hydrogen (secondary N) is 1. The molecule has 26 heavy (non-hydrogen) atoms. The Bertz CT molecular complexity index is 668. The highest BCUT2D eigenvalue weighted by molar-refractivity contribution is 7.89. The third kappa shape index (κ3) is 5.79. The Morgan fingerprint density at radius 3 is 2.46 bits per heavy atom. The molecule has 1 heterocycles. The van der Waals surface area contributed by atoms with Crippen LogP contribution in [0.1, 0.15) is 51.0 Å². The lowest BCUT2D eigenvalue weighted by Gasteiger charge is -2.17. The Labute approximate surface area is 157 Å². The first-order valence-corrected chi connectivity index (χ1v) is 11.0. The van der Waals surface area contributed by atoms with Gasteiger partial charge in [-0.2, -0.15) is 4.31 Å². The number of benzene rings is 1. The molecular weight excluding hydrogens is 350 g/mol. The zero-order chi connectivity index (χ0) is 19.0. The van der Waals surface area contributed by atoms with Crippen molar-refractivity contribution in [1.82, 2.24) is 9.62 Å². The number of rotatable bonds is 10. The van der Waals surface area contributed by atoms with Crippen LogP contribution in [-0.4, -0.2) is 44.3 Å². The van der Waals surface area contributed by atoms with E-state index in [1.165, 1.54) is 0 Å². The first-order chi connectivity index (χ1) is 12.5. The van der Waals surface area contributed by atoms with Crippen molar-refractivity contribution in [2.24, 2.45) is 5.73 Å². The van der Waals surface area contributed by atoms with E-state index in [0.29, 0.717) is 37.4 Å². The van der Waals surface area contributed by atoms with Crippen LogP contribution < -0.4 is 11.1 Å². The molecule has 0 aliphatic carbocycles. The van der Waals surface area contributed by atoms with Gasteiger partial charge in [-0.1, -0.05) is 31.9 Å². The SMILES string of the molecule is CCCCC(CN)NC(=O)CCc1ccc(S(=O)(=O)N2CCCC2)cc1. The molecule has 1 saturated heterocycles. The van der Waals surface area contributed by atoms with Gasteiger partial charge < -0.3 is 11.1 Å². The number of carbonyl (C=O) groups excluding carboxylic acids is 1. The van der Waals surface area contributed by atoms with Gasteiger partial charge in [-0.15, -0.1) is 0 Å². The van der Waals surface area contributed by atoms with E-state index in [0.717, 1.165) is 37.7 Å². The summed E-state index contributed by atoms with van der Waals surface area (Å²) in [6, 6.07) is 6.92. The van der Waals surface area contributed by atoms with Crippen LogP contribution in [-0.2, 0) is 21.2 Å². The first kappa shape index (κ1) is 20.9. The number of hydrogen-bond acceptors (Lipinski definition) is 4. The molecule has 0 saturated carbocycles. The summed E-state index contributed by atoms with van der Waals surface area (Å²) in [7, 11) is -3.37. The second-order valence-electron chi connectivity index (χ2n) is 6.90. The number of hydrogen-bond donors (Lipinski definition) is 2. The largest absolute Gasteiger partial charge is 0.352 e. The van der Waals surface area contributed by atoms with Crippen LogP contribution in [0.4, 0.5) is 0 Å². The fraction of sp³-hybridized carbons (Fsp3) is 0.632. The van der Waals surface area contributed by atoms with Crippen LogP contribution in [0.2, 0.25) is 0 Å². The minimum atomic E-state index is -3.37. The fourth-order valence-corrected chi connectivity index (χ4v) is 4.68. The Balaban J connectivity index is 1.86. The Hall–Kier alpha value is -1.44. The van der Waals surface area contributed by atoms with Gasteiger partial charge in [0.2, 0.25) is 15.9 Å². The van der Waals surface area contributed by atoms with E-state index in [-0.39, 0.29) is 11.9 Å². The molecule has 1 aliphatic rings. The van der Waals surface area contributed by atoms with E-state index < -0.39 is 10.0 Å². The van der Waals surface area contributed by atoms with E-state index >= 15 is 0 Å². The molecule has 0 radical (unpaired) electrons. The summed E-state index contributed by atoms with van der Waals surface area (Å²) < 4.78 is 26.5. The molecule has 146 valence electrons. The van der Waals surface area contributed by atoms with Crippen molar-refractivity contribution in [3.05, 3.63) is 29.8 Å². The predicted octanol–water partition coefficient (Wildman–Crippen LogP) is 2.04. The van der Waals surface area contributed by atoms with E-state index in [2.05, 4.69) is 12.2 Å². The maximum atomic E-state index is 12.5. The van der Waals surface area contributed by atoms with Gasteiger partial charge in [0.05, 0.1) is 4.90 Å². The van der Waals surface area contributed by atoms with Gasteiger partial charge in [0.25, 0.3) is 0 Å². The maximum Gasteiger partial charge on any atom is 0.243 e. The topological polar surface area (TPSA) is 92.5 Å². The standard InChI is InChI=1S/C19H31N3O3S/c1-2-3-6-17(15-20)21-19(23)12-9-16-7-10-18(11-8-16)26(24,25)22-13-4-5-14-22/h7-8,10-11,17H,2-6,9,12-15,20H2,1H3,(H,21,23). The summed E-state index contributed by atoms with van der Waals surface area (Å²) in [5.74, 6) is -0.00896. The summed E-state index contributed by atoms with van der Waals surface area (Å²) in [5.41, 5.74) is 6.66. The van der Waals surface area contributed by atoms with Gasteiger partial charge in [0.15, 0.2) is 0 Å². The molecule has 0 bridgehead atoms. The van der Waals surface area contributed by atoms with Crippen LogP contribution in [0.15, 0.2) is 29.2 Å². The lowest BCUT2D eigenvalue weighted by Crippen LogP contribution is -2.40. The Morgan fingerprint density at radius 1 is 1.23 bits per heavy atom. The van der Waals surface area contributed by atoms with E-state index in [9.17, 15) is 13.2 Å². The lowest BCUT2D eigenvalue weighted by molar-refractivity contribution is -0.121. The Kier molecular flexibility index (Phi) is 8.06. The average Bonchev–Trinajstić information content (AvgIpc) is 3.19. The third-order valence-electron chi connectivity index (χ3n) is 4.82. The second kappa shape index (κ2) is 10.0. The molecule has 7 heteroatoms. The minimum absolute atomic E-state index is 0.00896. The molecule has 6 nitrogen and oxygen atoms in total. The van der Waals surface area contributed by atoms with Crippen molar-refractivity contribution in [3.8, 4) is 0 Å². The van der Waals surface area contributed by atoms with Crippen molar-refractivity contribution >= 4 is 15.9 Å². The van der Waals surface area contributed by atoms with Crippen molar-refractivity contribution in [3.63, 3.8) is 0 Å². The van der Waals surface area contributed by atoms with E-state index in [1.807, 2.05) is 0 Å². The van der Waals surface area contributed by atoms with E-state index in [4.69, 9.17) is 5.73 Å². The highest BCUT2D eigenvalue weighted by Crippen LogP contribution is 2.21. The molecule has 0 spiro atoms. The quantitative estimate of drug-likeness (QED) is 0.649. The molecule has 1 fully saturated rings. The maximum absolute atomic E-state index is 12.5. The monoisotopic (exact) mass is 381 g/mol. The summed E-state index contributed by atoms with van der Waals surface area (Å²) >= 11 is 0. The van der Waals surface area contributed by atoms with E-state index in [1.54, 1.807) is 28.6 Å². The zero-order valence-corrected chi connectivity index (χ0v) is 16.4. The molecule has 0 aromatic heterocycles. The molecule has 1 aromatic rings. The normalized spacial score (nSPS) is 16.5. The van der Waals surface area contributed by atoms with Crippen LogP contribution in [0, 0.1) is 0 Å². The molecule has 1 aliphatic heterocycles. The average molecular weight is 382 g/mol. The third-order valence-corrected chi connectivity index (χ3v) is 6.74. The van der Waals surface area contributed by atoms with Crippen LogP contribution in [0.25, 0.3) is 0 Å². The summed E-state index contributed by atoms with van der Waals surface area (Å²) in [6.45, 7) is 3.77. The van der Waals surface area contributed by atoms with Gasteiger partial charge in [-0.3, -0.25) is 4.79 Å². The molecule has 1 amide bonds. The molecule has 1 unspecified atom stereocenters. The number of nitrogens with two attached hydrogens (primary N) is 1. The molecule has 1 atom stereocenters. The van der Waals surface area contributed by atoms with Crippen LogP contribution in [0.3, 0.4) is 0 Å². The Morgan fingerprint density at radius 2 is 1.88 bits per heavy atom. The second-order valence-corrected chi connectivity index (χ2v) is 8.84. The number of carbonyl (C=O) groups is 1. The zero-order valence-electron chi connectivity index (χ0n) is 15.6. The van der Waals surface area contributed by atoms with Gasteiger partial charge >= 0.3 is 0 Å². The van der Waals surface area contributed by atoms with Crippen LogP contribution in [0.5, 0.6) is 0 Å². The minimum Gasteiger partial charge on any atom is -0.352 e. The number of sulfonamides is 1. The summed E-state index contributed by atoms with van der Waals surface area (Å²) in [4.78, 5) is 12.4. The van der Waals surface area contributed by atoms with Crippen LogP contribution >= 0.6 is 0 Å².